The lowest BCUT2D eigenvalue weighted by Gasteiger charge is -2.23. The quantitative estimate of drug-likeness (QED) is 0.749. The molecule has 0 radical (unpaired) electrons. The molecule has 3 nitrogen and oxygen atoms in total. The zero-order valence-electron chi connectivity index (χ0n) is 10.6. The molecule has 1 aliphatic rings. The Balaban J connectivity index is 2.45. The maximum atomic E-state index is 10.1. The number of likely N-dealkylation sites (N-methyl/N-ethyl adjacent to an activating group) is 1. The highest BCUT2D eigenvalue weighted by molar-refractivity contribution is 5.50. The van der Waals surface area contributed by atoms with Gasteiger partial charge in [-0.15, -0.1) is 0 Å². The van der Waals surface area contributed by atoms with Crippen molar-refractivity contribution < 1.29 is 10.2 Å². The summed E-state index contributed by atoms with van der Waals surface area (Å²) in [7, 11) is 1.80. The van der Waals surface area contributed by atoms with Crippen LogP contribution in [0.15, 0.2) is 6.07 Å². The van der Waals surface area contributed by atoms with Crippen LogP contribution in [0.5, 0.6) is 5.75 Å². The predicted molar refractivity (Wildman–Crippen MR) is 68.4 cm³/mol. The van der Waals surface area contributed by atoms with Crippen molar-refractivity contribution >= 4 is 0 Å². The largest absolute Gasteiger partial charge is 0.508 e. The molecular formula is C14H21NO2. The van der Waals surface area contributed by atoms with Crippen LogP contribution in [0.25, 0.3) is 0 Å². The van der Waals surface area contributed by atoms with Crippen molar-refractivity contribution in [3.8, 4) is 5.75 Å². The lowest BCUT2D eigenvalue weighted by atomic mass is 9.85. The van der Waals surface area contributed by atoms with Crippen LogP contribution in [0.1, 0.15) is 41.2 Å². The van der Waals surface area contributed by atoms with E-state index in [4.69, 9.17) is 0 Å². The monoisotopic (exact) mass is 235 g/mol. The van der Waals surface area contributed by atoms with Gasteiger partial charge in [-0.05, 0) is 62.4 Å². The van der Waals surface area contributed by atoms with E-state index in [1.807, 2.05) is 13.0 Å². The Morgan fingerprint density at radius 3 is 2.76 bits per heavy atom. The van der Waals surface area contributed by atoms with Crippen molar-refractivity contribution in [3.63, 3.8) is 0 Å². The molecule has 0 amide bonds. The molecule has 0 aliphatic heterocycles. The average Bonchev–Trinajstić information content (AvgIpc) is 2.29. The number of phenolic OH excluding ortho intramolecular Hbond substituents is 1. The van der Waals surface area contributed by atoms with Gasteiger partial charge in [-0.3, -0.25) is 0 Å². The van der Waals surface area contributed by atoms with Gasteiger partial charge in [0.25, 0.3) is 0 Å². The number of fused-ring (bicyclic) bond motifs is 1. The summed E-state index contributed by atoms with van der Waals surface area (Å²) in [5, 5.41) is 23.1. The molecule has 17 heavy (non-hydrogen) atoms. The molecule has 0 spiro atoms. The van der Waals surface area contributed by atoms with Crippen LogP contribution in [0, 0.1) is 6.92 Å². The molecule has 1 aromatic carbocycles. The number of benzene rings is 1. The number of rotatable bonds is 3. The summed E-state index contributed by atoms with van der Waals surface area (Å²) in [6, 6.07) is 1.84. The standard InChI is InChI=1S/C14H21NO2/c1-9-11-6-4-3-5-10(11)7-12(16)14(9)13(17)8-15-2/h7,13,15-17H,3-6,8H2,1-2H3. The Hall–Kier alpha value is -1.06. The number of phenols is 1. The second-order valence-electron chi connectivity index (χ2n) is 4.85. The van der Waals surface area contributed by atoms with Crippen LogP contribution in [-0.4, -0.2) is 23.8 Å². The molecule has 1 aromatic rings. The van der Waals surface area contributed by atoms with Crippen LogP contribution in [-0.2, 0) is 12.8 Å². The fourth-order valence-corrected chi connectivity index (χ4v) is 2.83. The first kappa shape index (κ1) is 12.4. The van der Waals surface area contributed by atoms with Crippen LogP contribution < -0.4 is 5.32 Å². The predicted octanol–water partition coefficient (Wildman–Crippen LogP) is 1.83. The van der Waals surface area contributed by atoms with E-state index < -0.39 is 6.10 Å². The second-order valence-corrected chi connectivity index (χ2v) is 4.85. The van der Waals surface area contributed by atoms with Gasteiger partial charge in [-0.2, -0.15) is 0 Å². The van der Waals surface area contributed by atoms with Crippen molar-refractivity contribution in [1.82, 2.24) is 5.32 Å². The lowest BCUT2D eigenvalue weighted by Crippen LogP contribution is -2.19. The summed E-state index contributed by atoms with van der Waals surface area (Å²) < 4.78 is 0. The average molecular weight is 235 g/mol. The topological polar surface area (TPSA) is 52.5 Å². The zero-order valence-corrected chi connectivity index (χ0v) is 10.6. The summed E-state index contributed by atoms with van der Waals surface area (Å²) in [6.07, 6.45) is 3.89. The van der Waals surface area contributed by atoms with E-state index in [-0.39, 0.29) is 5.75 Å². The molecule has 0 fully saturated rings. The Morgan fingerprint density at radius 2 is 2.06 bits per heavy atom. The first-order valence-electron chi connectivity index (χ1n) is 6.32. The Labute approximate surface area is 102 Å². The van der Waals surface area contributed by atoms with Gasteiger partial charge < -0.3 is 15.5 Å². The number of hydrogen-bond donors (Lipinski definition) is 3. The highest BCUT2D eigenvalue weighted by Crippen LogP contribution is 2.35. The second kappa shape index (κ2) is 5.07. The minimum Gasteiger partial charge on any atom is -0.508 e. The van der Waals surface area contributed by atoms with Gasteiger partial charge in [-0.1, -0.05) is 0 Å². The highest BCUT2D eigenvalue weighted by Gasteiger charge is 2.21. The van der Waals surface area contributed by atoms with Crippen molar-refractivity contribution in [2.75, 3.05) is 13.6 Å². The zero-order chi connectivity index (χ0) is 12.4. The van der Waals surface area contributed by atoms with Gasteiger partial charge in [0.15, 0.2) is 0 Å². The van der Waals surface area contributed by atoms with E-state index in [9.17, 15) is 10.2 Å². The lowest BCUT2D eigenvalue weighted by molar-refractivity contribution is 0.173. The summed E-state index contributed by atoms with van der Waals surface area (Å²) in [5.74, 6) is 0.242. The van der Waals surface area contributed by atoms with E-state index in [0.29, 0.717) is 12.1 Å². The molecule has 0 aromatic heterocycles. The van der Waals surface area contributed by atoms with E-state index >= 15 is 0 Å². The van der Waals surface area contributed by atoms with Gasteiger partial charge in [0.05, 0.1) is 6.10 Å². The van der Waals surface area contributed by atoms with E-state index in [0.717, 1.165) is 18.4 Å². The number of aliphatic hydroxyl groups excluding tert-OH is 1. The first-order chi connectivity index (χ1) is 8.15. The third-order valence-electron chi connectivity index (χ3n) is 3.68. The van der Waals surface area contributed by atoms with Crippen LogP contribution in [0.3, 0.4) is 0 Å². The number of aliphatic hydroxyl groups is 1. The van der Waals surface area contributed by atoms with Crippen molar-refractivity contribution in [1.29, 1.82) is 0 Å². The first-order valence-corrected chi connectivity index (χ1v) is 6.32. The van der Waals surface area contributed by atoms with Gasteiger partial charge in [0.2, 0.25) is 0 Å². The molecule has 3 N–H and O–H groups in total. The van der Waals surface area contributed by atoms with E-state index in [2.05, 4.69) is 5.32 Å². The Bertz CT molecular complexity index is 415. The minimum atomic E-state index is -0.632. The number of hydrogen-bond acceptors (Lipinski definition) is 3. The van der Waals surface area contributed by atoms with Crippen LogP contribution in [0.2, 0.25) is 0 Å². The summed E-state index contributed by atoms with van der Waals surface area (Å²) in [4.78, 5) is 0. The number of nitrogens with one attached hydrogen (secondary N) is 1. The molecular weight excluding hydrogens is 214 g/mol. The van der Waals surface area contributed by atoms with Gasteiger partial charge >= 0.3 is 0 Å². The Kier molecular flexibility index (Phi) is 3.69. The summed E-state index contributed by atoms with van der Waals surface area (Å²) in [5.41, 5.74) is 4.35. The van der Waals surface area contributed by atoms with Gasteiger partial charge in [0.1, 0.15) is 5.75 Å². The smallest absolute Gasteiger partial charge is 0.121 e. The molecule has 94 valence electrons. The molecule has 0 bridgehead atoms. The molecule has 0 saturated heterocycles. The van der Waals surface area contributed by atoms with E-state index in [1.54, 1.807) is 7.05 Å². The van der Waals surface area contributed by atoms with Crippen LogP contribution >= 0.6 is 0 Å². The molecule has 1 aliphatic carbocycles. The Morgan fingerprint density at radius 1 is 1.35 bits per heavy atom. The maximum Gasteiger partial charge on any atom is 0.121 e. The third-order valence-corrected chi connectivity index (χ3v) is 3.68. The fourth-order valence-electron chi connectivity index (χ4n) is 2.83. The van der Waals surface area contributed by atoms with E-state index in [1.165, 1.54) is 24.0 Å². The van der Waals surface area contributed by atoms with Crippen molar-refractivity contribution in [3.05, 3.63) is 28.3 Å². The molecule has 2 rings (SSSR count). The van der Waals surface area contributed by atoms with Crippen molar-refractivity contribution in [2.45, 2.75) is 38.7 Å². The third kappa shape index (κ3) is 2.31. The summed E-state index contributed by atoms with van der Waals surface area (Å²) >= 11 is 0. The molecule has 0 saturated carbocycles. The molecule has 3 heteroatoms. The SMILES string of the molecule is CNCC(O)c1c(O)cc2c(c1C)CCCC2. The molecule has 0 heterocycles. The number of aryl methyl sites for hydroxylation is 1. The van der Waals surface area contributed by atoms with Gasteiger partial charge in [-0.25, -0.2) is 0 Å². The molecule has 1 unspecified atom stereocenters. The van der Waals surface area contributed by atoms with Gasteiger partial charge in [0, 0.05) is 12.1 Å². The normalized spacial score (nSPS) is 16.6. The summed E-state index contributed by atoms with van der Waals surface area (Å²) in [6.45, 7) is 2.48. The molecule has 1 atom stereocenters. The van der Waals surface area contributed by atoms with Crippen molar-refractivity contribution in [2.24, 2.45) is 0 Å². The van der Waals surface area contributed by atoms with Crippen LogP contribution in [0.4, 0.5) is 0 Å². The minimum absolute atomic E-state index is 0.242. The highest BCUT2D eigenvalue weighted by atomic mass is 16.3. The number of aromatic hydroxyl groups is 1. The maximum absolute atomic E-state index is 10.1. The fraction of sp³-hybridized carbons (Fsp3) is 0.571.